The predicted molar refractivity (Wildman–Crippen MR) is 88.1 cm³/mol. The molecule has 0 aliphatic heterocycles. The van der Waals surface area contributed by atoms with Gasteiger partial charge in [0, 0.05) is 24.3 Å². The van der Waals surface area contributed by atoms with Crippen molar-refractivity contribution in [2.24, 2.45) is 0 Å². The summed E-state index contributed by atoms with van der Waals surface area (Å²) >= 11 is 5.86. The van der Waals surface area contributed by atoms with Crippen molar-refractivity contribution in [1.29, 1.82) is 0 Å². The molecule has 6 heteroatoms. The van der Waals surface area contributed by atoms with Crippen LogP contribution in [0.3, 0.4) is 0 Å². The predicted octanol–water partition coefficient (Wildman–Crippen LogP) is 3.61. The Balaban J connectivity index is 2.39. The van der Waals surface area contributed by atoms with Crippen LogP contribution in [0.2, 0.25) is 5.02 Å². The average Bonchev–Trinajstić information content (AvgIpc) is 2.55. The molecule has 0 bridgehead atoms. The first kappa shape index (κ1) is 17.2. The van der Waals surface area contributed by atoms with E-state index in [1.807, 2.05) is 13.8 Å². The summed E-state index contributed by atoms with van der Waals surface area (Å²) in [5, 5.41) is 0.267. The minimum atomic E-state index is -0.513. The van der Waals surface area contributed by atoms with Gasteiger partial charge in [-0.3, -0.25) is 9.59 Å². The van der Waals surface area contributed by atoms with E-state index in [1.54, 1.807) is 18.2 Å². The maximum absolute atomic E-state index is 13.9. The number of benzene rings is 1. The molecule has 0 aliphatic carbocycles. The monoisotopic (exact) mass is 336 g/mol. The fourth-order valence-electron chi connectivity index (χ4n) is 2.23. The highest BCUT2D eigenvalue weighted by atomic mass is 35.5. The van der Waals surface area contributed by atoms with Gasteiger partial charge in [0.25, 0.3) is 11.5 Å². The molecule has 0 saturated heterocycles. The van der Waals surface area contributed by atoms with Crippen LogP contribution in [0, 0.1) is 5.82 Å². The molecule has 0 unspecified atom stereocenters. The van der Waals surface area contributed by atoms with Gasteiger partial charge in [-0.25, -0.2) is 4.39 Å². The number of carbonyl (C=O) groups excluding carboxylic acids is 1. The SMILES string of the molecule is CC[C@H](C)N(Cc1ccccc1F)C(=O)c1cc(Cl)c[nH]c1=O. The molecule has 0 saturated carbocycles. The van der Waals surface area contributed by atoms with E-state index in [0.717, 1.165) is 0 Å². The molecule has 23 heavy (non-hydrogen) atoms. The quantitative estimate of drug-likeness (QED) is 0.906. The molecule has 1 aromatic heterocycles. The summed E-state index contributed by atoms with van der Waals surface area (Å²) in [5.74, 6) is -0.847. The summed E-state index contributed by atoms with van der Waals surface area (Å²) in [4.78, 5) is 28.6. The normalized spacial score (nSPS) is 12.0. The second-order valence-electron chi connectivity index (χ2n) is 5.34. The Hall–Kier alpha value is -2.14. The van der Waals surface area contributed by atoms with E-state index < -0.39 is 11.5 Å². The van der Waals surface area contributed by atoms with E-state index in [4.69, 9.17) is 11.6 Å². The summed E-state index contributed by atoms with van der Waals surface area (Å²) in [6.07, 6.45) is 2.00. The topological polar surface area (TPSA) is 53.2 Å². The number of carbonyl (C=O) groups is 1. The van der Waals surface area contributed by atoms with E-state index in [1.165, 1.54) is 23.2 Å². The third kappa shape index (κ3) is 3.99. The van der Waals surface area contributed by atoms with Gasteiger partial charge >= 0.3 is 0 Å². The van der Waals surface area contributed by atoms with Gasteiger partial charge in [-0.2, -0.15) is 0 Å². The summed E-state index contributed by atoms with van der Waals surface area (Å²) in [6, 6.07) is 7.46. The van der Waals surface area contributed by atoms with Crippen LogP contribution in [0.4, 0.5) is 4.39 Å². The molecular weight excluding hydrogens is 319 g/mol. The van der Waals surface area contributed by atoms with Gasteiger partial charge < -0.3 is 9.88 Å². The van der Waals surface area contributed by atoms with Gasteiger partial charge in [-0.05, 0) is 25.5 Å². The number of nitrogens with one attached hydrogen (secondary N) is 1. The van der Waals surface area contributed by atoms with Crippen molar-refractivity contribution < 1.29 is 9.18 Å². The maximum Gasteiger partial charge on any atom is 0.260 e. The van der Waals surface area contributed by atoms with E-state index in [2.05, 4.69) is 4.98 Å². The summed E-state index contributed by atoms with van der Waals surface area (Å²) < 4.78 is 13.9. The number of nitrogens with zero attached hydrogens (tertiary/aromatic N) is 1. The Morgan fingerprint density at radius 1 is 1.39 bits per heavy atom. The zero-order valence-electron chi connectivity index (χ0n) is 13.0. The van der Waals surface area contributed by atoms with Crippen molar-refractivity contribution in [1.82, 2.24) is 9.88 Å². The minimum Gasteiger partial charge on any atom is -0.331 e. The van der Waals surface area contributed by atoms with E-state index in [9.17, 15) is 14.0 Å². The van der Waals surface area contributed by atoms with Crippen LogP contribution in [0.15, 0.2) is 41.3 Å². The number of pyridine rings is 1. The smallest absolute Gasteiger partial charge is 0.260 e. The standard InChI is InChI=1S/C17H18ClFN2O2/c1-3-11(2)21(10-12-6-4-5-7-15(12)19)17(23)14-8-13(18)9-20-16(14)22/h4-9,11H,3,10H2,1-2H3,(H,20,22)/t11-/m0/s1. The van der Waals surface area contributed by atoms with E-state index >= 15 is 0 Å². The van der Waals surface area contributed by atoms with Crippen LogP contribution < -0.4 is 5.56 Å². The first-order chi connectivity index (χ1) is 10.9. The molecule has 1 heterocycles. The van der Waals surface area contributed by atoms with Gasteiger partial charge in [0.1, 0.15) is 11.4 Å². The highest BCUT2D eigenvalue weighted by Gasteiger charge is 2.24. The highest BCUT2D eigenvalue weighted by Crippen LogP contribution is 2.17. The fourth-order valence-corrected chi connectivity index (χ4v) is 2.39. The van der Waals surface area contributed by atoms with Crippen LogP contribution in [-0.2, 0) is 6.54 Å². The van der Waals surface area contributed by atoms with Crippen molar-refractivity contribution >= 4 is 17.5 Å². The van der Waals surface area contributed by atoms with Gasteiger partial charge in [0.05, 0.1) is 5.02 Å². The molecule has 122 valence electrons. The van der Waals surface area contributed by atoms with Crippen molar-refractivity contribution in [3.63, 3.8) is 0 Å². The first-order valence-electron chi connectivity index (χ1n) is 7.36. The second kappa shape index (κ2) is 7.42. The van der Waals surface area contributed by atoms with Crippen molar-refractivity contribution in [2.75, 3.05) is 0 Å². The maximum atomic E-state index is 13.9. The number of hydrogen-bond donors (Lipinski definition) is 1. The third-order valence-corrected chi connectivity index (χ3v) is 4.00. The van der Waals surface area contributed by atoms with E-state index in [-0.39, 0.29) is 29.0 Å². The number of halogens is 2. The first-order valence-corrected chi connectivity index (χ1v) is 7.74. The lowest BCUT2D eigenvalue weighted by molar-refractivity contribution is 0.0667. The van der Waals surface area contributed by atoms with Crippen molar-refractivity contribution in [3.8, 4) is 0 Å². The molecule has 0 spiro atoms. The number of rotatable bonds is 5. The van der Waals surface area contributed by atoms with Crippen LogP contribution in [0.25, 0.3) is 0 Å². The molecule has 0 aliphatic rings. The zero-order chi connectivity index (χ0) is 17.0. The summed E-state index contributed by atoms with van der Waals surface area (Å²) in [6.45, 7) is 3.87. The van der Waals surface area contributed by atoms with E-state index in [0.29, 0.717) is 12.0 Å². The number of aromatic nitrogens is 1. The van der Waals surface area contributed by atoms with Crippen LogP contribution in [0.1, 0.15) is 36.2 Å². The number of hydrogen-bond acceptors (Lipinski definition) is 2. The summed E-state index contributed by atoms with van der Waals surface area (Å²) in [7, 11) is 0. The average molecular weight is 337 g/mol. The molecule has 2 rings (SSSR count). The lowest BCUT2D eigenvalue weighted by Crippen LogP contribution is -2.40. The molecule has 1 aromatic carbocycles. The Kier molecular flexibility index (Phi) is 5.55. The molecule has 1 N–H and O–H groups in total. The third-order valence-electron chi connectivity index (χ3n) is 3.78. The molecule has 0 radical (unpaired) electrons. The highest BCUT2D eigenvalue weighted by molar-refractivity contribution is 6.30. The van der Waals surface area contributed by atoms with Crippen LogP contribution in [0.5, 0.6) is 0 Å². The largest absolute Gasteiger partial charge is 0.331 e. The Bertz CT molecular complexity index is 760. The Morgan fingerprint density at radius 2 is 2.09 bits per heavy atom. The van der Waals surface area contributed by atoms with Crippen LogP contribution in [-0.4, -0.2) is 21.8 Å². The molecule has 1 atom stereocenters. The van der Waals surface area contributed by atoms with Crippen LogP contribution >= 0.6 is 11.6 Å². The second-order valence-corrected chi connectivity index (χ2v) is 5.78. The number of aromatic amines is 1. The Morgan fingerprint density at radius 3 is 2.74 bits per heavy atom. The Labute approximate surface area is 138 Å². The number of amides is 1. The molecular formula is C17H18ClFN2O2. The zero-order valence-corrected chi connectivity index (χ0v) is 13.7. The molecule has 1 amide bonds. The lowest BCUT2D eigenvalue weighted by Gasteiger charge is -2.28. The minimum absolute atomic E-state index is 0.0471. The fraction of sp³-hybridized carbons (Fsp3) is 0.294. The van der Waals surface area contributed by atoms with Gasteiger partial charge in [0.15, 0.2) is 0 Å². The molecule has 2 aromatic rings. The molecule has 0 fully saturated rings. The molecule has 4 nitrogen and oxygen atoms in total. The van der Waals surface area contributed by atoms with Gasteiger partial charge in [-0.15, -0.1) is 0 Å². The van der Waals surface area contributed by atoms with Gasteiger partial charge in [-0.1, -0.05) is 36.7 Å². The summed E-state index contributed by atoms with van der Waals surface area (Å²) in [5.41, 5.74) is -0.157. The van der Waals surface area contributed by atoms with Crippen molar-refractivity contribution in [2.45, 2.75) is 32.9 Å². The van der Waals surface area contributed by atoms with Crippen molar-refractivity contribution in [3.05, 3.63) is 68.8 Å². The van der Waals surface area contributed by atoms with Gasteiger partial charge in [0.2, 0.25) is 0 Å². The lowest BCUT2D eigenvalue weighted by atomic mass is 10.1. The number of H-pyrrole nitrogens is 1.